The lowest BCUT2D eigenvalue weighted by Gasteiger charge is -2.41. The van der Waals surface area contributed by atoms with Crippen LogP contribution in [-0.4, -0.2) is 37.5 Å². The van der Waals surface area contributed by atoms with Gasteiger partial charge in [0.2, 0.25) is 0 Å². The summed E-state index contributed by atoms with van der Waals surface area (Å²) >= 11 is 0. The van der Waals surface area contributed by atoms with Gasteiger partial charge in [-0.25, -0.2) is 0 Å². The van der Waals surface area contributed by atoms with Gasteiger partial charge in [-0.3, -0.25) is 4.55 Å². The zero-order valence-electron chi connectivity index (χ0n) is 26.3. The summed E-state index contributed by atoms with van der Waals surface area (Å²) in [5.74, 6) is -0.199. The van der Waals surface area contributed by atoms with Gasteiger partial charge in [-0.05, 0) is 98.8 Å². The predicted molar refractivity (Wildman–Crippen MR) is 172 cm³/mol. The Labute approximate surface area is 268 Å². The molecular formula is C35H43F2O6S2+. The lowest BCUT2D eigenvalue weighted by molar-refractivity contribution is -0.298. The van der Waals surface area contributed by atoms with E-state index in [-0.39, 0.29) is 11.2 Å². The van der Waals surface area contributed by atoms with E-state index in [4.69, 9.17) is 18.8 Å². The average molecular weight is 662 g/mol. The van der Waals surface area contributed by atoms with Crippen LogP contribution in [0.5, 0.6) is 5.75 Å². The van der Waals surface area contributed by atoms with Crippen molar-refractivity contribution in [3.05, 3.63) is 83.9 Å². The molecule has 1 N–H and O–H groups in total. The summed E-state index contributed by atoms with van der Waals surface area (Å²) in [4.78, 5) is 3.10. The molecule has 0 amide bonds. The molecule has 3 aromatic carbocycles. The summed E-state index contributed by atoms with van der Waals surface area (Å²) in [6.07, 6.45) is 5.45. The fraction of sp³-hybridized carbons (Fsp3) is 0.486. The molecule has 45 heavy (non-hydrogen) atoms. The zero-order chi connectivity index (χ0) is 32.5. The van der Waals surface area contributed by atoms with Crippen molar-refractivity contribution in [3.8, 4) is 5.75 Å². The molecule has 1 aliphatic heterocycles. The second-order valence-electron chi connectivity index (χ2n) is 13.0. The van der Waals surface area contributed by atoms with Gasteiger partial charge in [0.15, 0.2) is 26.6 Å². The molecule has 1 heterocycles. The number of hydrogen-bond acceptors (Lipinski definition) is 5. The summed E-state index contributed by atoms with van der Waals surface area (Å²) in [6.45, 7) is 8.25. The third-order valence-corrected chi connectivity index (χ3v) is 12.0. The standard InChI is InChI=1S/C35H42F2O6S2/c1-25(35(36,37)45(38,39)40)43-29-15-21-32(22-16-29)44(30-17-11-27(12-18-30)26-9-7-5-6-8-10-26)31-19-13-28(14-20-31)34(4)41-23-33(2,3)24-42-34/h11-22,25-26H,5-10,23-24H2,1-4H3/p+1. The quantitative estimate of drug-likeness (QED) is 0.140. The number of ether oxygens (including phenoxy) is 3. The minimum absolute atomic E-state index is 0.0508. The minimum atomic E-state index is -5.63. The maximum atomic E-state index is 14.1. The Bertz CT molecular complexity index is 1520. The smallest absolute Gasteiger partial charge is 0.405 e. The fourth-order valence-corrected chi connectivity index (χ4v) is 8.35. The van der Waals surface area contributed by atoms with Crippen LogP contribution in [0.2, 0.25) is 0 Å². The molecule has 3 aromatic rings. The molecule has 2 unspecified atom stereocenters. The van der Waals surface area contributed by atoms with Crippen LogP contribution < -0.4 is 4.74 Å². The molecule has 1 saturated carbocycles. The van der Waals surface area contributed by atoms with E-state index >= 15 is 0 Å². The van der Waals surface area contributed by atoms with Gasteiger partial charge in [-0.1, -0.05) is 51.7 Å². The number of alkyl halides is 2. The number of hydrogen-bond donors (Lipinski definition) is 1. The highest BCUT2D eigenvalue weighted by molar-refractivity contribution is 7.97. The van der Waals surface area contributed by atoms with Crippen LogP contribution in [0.25, 0.3) is 0 Å². The lowest BCUT2D eigenvalue weighted by atomic mass is 9.92. The van der Waals surface area contributed by atoms with Crippen LogP contribution in [0.3, 0.4) is 0 Å². The second-order valence-corrected chi connectivity index (χ2v) is 16.6. The molecule has 0 radical (unpaired) electrons. The maximum absolute atomic E-state index is 14.1. The molecule has 0 bridgehead atoms. The first kappa shape index (κ1) is 33.9. The molecule has 0 aromatic heterocycles. The van der Waals surface area contributed by atoms with E-state index in [2.05, 4.69) is 50.2 Å². The van der Waals surface area contributed by atoms with Gasteiger partial charge in [-0.2, -0.15) is 17.2 Å². The van der Waals surface area contributed by atoms with Crippen LogP contribution >= 0.6 is 0 Å². The van der Waals surface area contributed by atoms with Gasteiger partial charge in [-0.15, -0.1) is 0 Å². The Kier molecular flexibility index (Phi) is 10.0. The molecule has 1 saturated heterocycles. The highest BCUT2D eigenvalue weighted by Crippen LogP contribution is 2.39. The summed E-state index contributed by atoms with van der Waals surface area (Å²) in [6, 6.07) is 23.8. The molecule has 6 nitrogen and oxygen atoms in total. The first-order chi connectivity index (χ1) is 21.2. The van der Waals surface area contributed by atoms with Crippen molar-refractivity contribution in [2.75, 3.05) is 13.2 Å². The molecule has 2 aliphatic rings. The first-order valence-corrected chi connectivity index (χ1v) is 18.2. The highest BCUT2D eigenvalue weighted by Gasteiger charge is 2.51. The Morgan fingerprint density at radius 3 is 1.78 bits per heavy atom. The molecule has 2 fully saturated rings. The average Bonchev–Trinajstić information content (AvgIpc) is 3.30. The van der Waals surface area contributed by atoms with Crippen LogP contribution in [0.1, 0.15) is 83.3 Å². The largest absolute Gasteiger partial charge is 0.483 e. The van der Waals surface area contributed by atoms with Gasteiger partial charge in [0, 0.05) is 11.0 Å². The van der Waals surface area contributed by atoms with Crippen molar-refractivity contribution in [2.24, 2.45) is 5.41 Å². The van der Waals surface area contributed by atoms with Crippen molar-refractivity contribution in [1.82, 2.24) is 0 Å². The molecule has 0 spiro atoms. The number of benzene rings is 3. The molecular weight excluding hydrogens is 619 g/mol. The predicted octanol–water partition coefficient (Wildman–Crippen LogP) is 8.71. The normalized spacial score (nSPS) is 20.6. The van der Waals surface area contributed by atoms with Crippen molar-refractivity contribution in [2.45, 2.75) is 104 Å². The van der Waals surface area contributed by atoms with Gasteiger partial charge in [0.25, 0.3) is 0 Å². The first-order valence-electron chi connectivity index (χ1n) is 15.5. The third-order valence-electron chi connectivity index (χ3n) is 8.72. The van der Waals surface area contributed by atoms with Crippen LogP contribution in [0.15, 0.2) is 87.5 Å². The van der Waals surface area contributed by atoms with Crippen LogP contribution in [0, 0.1) is 5.41 Å². The Morgan fingerprint density at radius 1 is 0.822 bits per heavy atom. The summed E-state index contributed by atoms with van der Waals surface area (Å²) in [5, 5.41) is -4.45. The van der Waals surface area contributed by atoms with Gasteiger partial charge < -0.3 is 14.2 Å². The van der Waals surface area contributed by atoms with Crippen molar-refractivity contribution in [3.63, 3.8) is 0 Å². The van der Waals surface area contributed by atoms with Crippen LogP contribution in [-0.2, 0) is 36.3 Å². The molecule has 10 heteroatoms. The van der Waals surface area contributed by atoms with Gasteiger partial charge in [0.05, 0.1) is 24.1 Å². The van der Waals surface area contributed by atoms with Crippen molar-refractivity contribution >= 4 is 21.0 Å². The van der Waals surface area contributed by atoms with E-state index in [1.54, 1.807) is 24.3 Å². The van der Waals surface area contributed by atoms with Crippen LogP contribution in [0.4, 0.5) is 8.78 Å². The van der Waals surface area contributed by atoms with Gasteiger partial charge >= 0.3 is 15.4 Å². The van der Waals surface area contributed by atoms with E-state index in [1.807, 2.05) is 19.1 Å². The molecule has 244 valence electrons. The van der Waals surface area contributed by atoms with E-state index in [9.17, 15) is 17.2 Å². The fourth-order valence-electron chi connectivity index (χ4n) is 5.84. The summed E-state index contributed by atoms with van der Waals surface area (Å²) in [7, 11) is -6.17. The van der Waals surface area contributed by atoms with Gasteiger partial charge in [0.1, 0.15) is 5.75 Å². The van der Waals surface area contributed by atoms with Crippen molar-refractivity contribution in [1.29, 1.82) is 0 Å². The van der Waals surface area contributed by atoms with E-state index in [0.717, 1.165) is 27.2 Å². The Balaban J connectivity index is 1.44. The molecule has 1 aliphatic carbocycles. The summed E-state index contributed by atoms with van der Waals surface area (Å²) in [5.41, 5.74) is 2.23. The second kappa shape index (κ2) is 13.3. The lowest BCUT2D eigenvalue weighted by Crippen LogP contribution is -2.43. The third kappa shape index (κ3) is 7.73. The van der Waals surface area contributed by atoms with Crippen molar-refractivity contribution < 1.29 is 36.0 Å². The van der Waals surface area contributed by atoms with E-state index in [1.165, 1.54) is 44.1 Å². The maximum Gasteiger partial charge on any atom is 0.405 e. The topological polar surface area (TPSA) is 82.1 Å². The van der Waals surface area contributed by atoms with E-state index < -0.39 is 38.2 Å². The highest BCUT2D eigenvalue weighted by atomic mass is 32.2. The Hall–Kier alpha value is -2.50. The monoisotopic (exact) mass is 661 g/mol. The molecule has 2 atom stereocenters. The number of halogens is 2. The minimum Gasteiger partial charge on any atom is -0.483 e. The molecule has 5 rings (SSSR count). The SMILES string of the molecule is CC(Oc1ccc([S+](c2ccc(C3CCCCCC3)cc2)c2ccc(C3(C)OCC(C)(C)CO3)cc2)cc1)C(F)(F)S(=O)(=O)O. The Morgan fingerprint density at radius 2 is 1.29 bits per heavy atom. The number of rotatable bonds is 9. The zero-order valence-corrected chi connectivity index (χ0v) is 27.9. The summed E-state index contributed by atoms with van der Waals surface area (Å²) < 4.78 is 77.1. The van der Waals surface area contributed by atoms with E-state index in [0.29, 0.717) is 19.1 Å².